The van der Waals surface area contributed by atoms with Crippen molar-refractivity contribution in [3.8, 4) is 0 Å². The summed E-state index contributed by atoms with van der Waals surface area (Å²) in [5.74, 6) is 0. The molecule has 2 N–H and O–H groups in total. The quantitative estimate of drug-likeness (QED) is 0.890. The van der Waals surface area contributed by atoms with Gasteiger partial charge in [-0.25, -0.2) is 13.4 Å². The number of sulfonamides is 1. The van der Waals surface area contributed by atoms with Gasteiger partial charge in [0.1, 0.15) is 0 Å². The van der Waals surface area contributed by atoms with Crippen molar-refractivity contribution >= 4 is 32.7 Å². The zero-order valence-electron chi connectivity index (χ0n) is 11.5. The van der Waals surface area contributed by atoms with Crippen LogP contribution in [0.15, 0.2) is 29.8 Å². The molecule has 0 amide bonds. The van der Waals surface area contributed by atoms with Crippen LogP contribution in [-0.4, -0.2) is 19.7 Å². The van der Waals surface area contributed by atoms with E-state index in [9.17, 15) is 8.42 Å². The highest BCUT2D eigenvalue weighted by molar-refractivity contribution is 7.92. The van der Waals surface area contributed by atoms with Crippen LogP contribution in [0.3, 0.4) is 0 Å². The number of nitrogens with one attached hydrogen (secondary N) is 2. The Kier molecular flexibility index (Phi) is 4.29. The highest BCUT2D eigenvalue weighted by atomic mass is 32.2. The first-order valence-corrected chi connectivity index (χ1v) is 8.87. The van der Waals surface area contributed by atoms with Crippen LogP contribution in [0.1, 0.15) is 23.5 Å². The maximum Gasteiger partial charge on any atom is 0.229 e. The van der Waals surface area contributed by atoms with Crippen LogP contribution in [0.5, 0.6) is 0 Å². The molecule has 7 heteroatoms. The Labute approximate surface area is 123 Å². The molecular weight excluding hydrogens is 294 g/mol. The van der Waals surface area contributed by atoms with Crippen LogP contribution in [0.4, 0.5) is 11.4 Å². The number of rotatable bonds is 5. The summed E-state index contributed by atoms with van der Waals surface area (Å²) in [5.41, 5.74) is 4.09. The van der Waals surface area contributed by atoms with E-state index < -0.39 is 10.0 Å². The van der Waals surface area contributed by atoms with E-state index in [1.54, 1.807) is 23.5 Å². The molecule has 0 bridgehead atoms. The predicted molar refractivity (Wildman–Crippen MR) is 83.8 cm³/mol. The van der Waals surface area contributed by atoms with Crippen LogP contribution in [0.25, 0.3) is 0 Å². The molecule has 1 aromatic heterocycles. The van der Waals surface area contributed by atoms with Crippen molar-refractivity contribution in [2.24, 2.45) is 0 Å². The van der Waals surface area contributed by atoms with Gasteiger partial charge in [0, 0.05) is 4.88 Å². The van der Waals surface area contributed by atoms with Gasteiger partial charge in [-0.1, -0.05) is 12.1 Å². The molecule has 1 aromatic carbocycles. The summed E-state index contributed by atoms with van der Waals surface area (Å²) in [6.45, 7) is 3.99. The molecule has 0 aliphatic carbocycles. The van der Waals surface area contributed by atoms with Crippen molar-refractivity contribution in [3.05, 3.63) is 40.3 Å². The topological polar surface area (TPSA) is 71.1 Å². The van der Waals surface area contributed by atoms with Gasteiger partial charge in [-0.3, -0.25) is 4.72 Å². The number of nitrogens with zero attached hydrogens (tertiary/aromatic N) is 1. The Morgan fingerprint density at radius 2 is 1.90 bits per heavy atom. The number of hydrogen-bond donors (Lipinski definition) is 2. The summed E-state index contributed by atoms with van der Waals surface area (Å²) in [6, 6.07) is 7.30. The second-order valence-electron chi connectivity index (χ2n) is 4.59. The summed E-state index contributed by atoms with van der Waals surface area (Å²) in [5, 5.41) is 3.32. The molecular formula is C13H17N3O2S2. The number of aryl methyl sites for hydroxylation is 1. The Balaban J connectivity index is 2.23. The standard InChI is InChI=1S/C13H17N3O2S2/c1-9-13(19-8-14-9)10(2)15-11-6-4-5-7-12(11)16-20(3,17)18/h4-8,10,15-16H,1-3H3. The van der Waals surface area contributed by atoms with Crippen molar-refractivity contribution in [2.75, 3.05) is 16.3 Å². The lowest BCUT2D eigenvalue weighted by molar-refractivity contribution is 0.607. The SMILES string of the molecule is Cc1ncsc1C(C)Nc1ccccc1NS(C)(=O)=O. The number of aromatic nitrogens is 1. The van der Waals surface area contributed by atoms with Crippen LogP contribution in [0.2, 0.25) is 0 Å². The van der Waals surface area contributed by atoms with E-state index in [0.29, 0.717) is 5.69 Å². The highest BCUT2D eigenvalue weighted by Crippen LogP contribution is 2.29. The molecule has 0 saturated heterocycles. The van der Waals surface area contributed by atoms with E-state index in [2.05, 4.69) is 15.0 Å². The fourth-order valence-electron chi connectivity index (χ4n) is 1.92. The Bertz CT molecular complexity index is 695. The lowest BCUT2D eigenvalue weighted by Gasteiger charge is -2.17. The first kappa shape index (κ1) is 14.8. The molecule has 0 saturated carbocycles. The van der Waals surface area contributed by atoms with Gasteiger partial charge in [-0.05, 0) is 26.0 Å². The van der Waals surface area contributed by atoms with E-state index in [-0.39, 0.29) is 6.04 Å². The molecule has 0 spiro atoms. The Morgan fingerprint density at radius 3 is 2.45 bits per heavy atom. The van der Waals surface area contributed by atoms with E-state index >= 15 is 0 Å². The normalized spacial score (nSPS) is 12.9. The van der Waals surface area contributed by atoms with Gasteiger partial charge in [0.25, 0.3) is 0 Å². The number of anilines is 2. The second-order valence-corrected chi connectivity index (χ2v) is 7.22. The molecule has 0 radical (unpaired) electrons. The van der Waals surface area contributed by atoms with Crippen molar-refractivity contribution in [1.82, 2.24) is 4.98 Å². The van der Waals surface area contributed by atoms with Crippen LogP contribution in [-0.2, 0) is 10.0 Å². The van der Waals surface area contributed by atoms with Crippen LogP contribution >= 0.6 is 11.3 Å². The first-order valence-electron chi connectivity index (χ1n) is 6.10. The average molecular weight is 311 g/mol. The third kappa shape index (κ3) is 3.71. The van der Waals surface area contributed by atoms with Gasteiger partial charge in [-0.2, -0.15) is 0 Å². The largest absolute Gasteiger partial charge is 0.376 e. The van der Waals surface area contributed by atoms with E-state index in [0.717, 1.165) is 22.5 Å². The van der Waals surface area contributed by atoms with Gasteiger partial charge < -0.3 is 5.32 Å². The van der Waals surface area contributed by atoms with E-state index in [1.165, 1.54) is 0 Å². The number of para-hydroxylation sites is 2. The number of benzene rings is 1. The Morgan fingerprint density at radius 1 is 1.25 bits per heavy atom. The van der Waals surface area contributed by atoms with Crippen molar-refractivity contribution in [1.29, 1.82) is 0 Å². The fraction of sp³-hybridized carbons (Fsp3) is 0.308. The van der Waals surface area contributed by atoms with Crippen LogP contribution < -0.4 is 10.0 Å². The molecule has 1 unspecified atom stereocenters. The second kappa shape index (κ2) is 5.80. The third-order valence-electron chi connectivity index (χ3n) is 2.77. The average Bonchev–Trinajstić information content (AvgIpc) is 2.76. The lowest BCUT2D eigenvalue weighted by atomic mass is 10.2. The maximum atomic E-state index is 11.4. The molecule has 108 valence electrons. The summed E-state index contributed by atoms with van der Waals surface area (Å²) < 4.78 is 25.3. The zero-order chi connectivity index (χ0) is 14.8. The molecule has 0 aliphatic rings. The minimum Gasteiger partial charge on any atom is -0.376 e. The summed E-state index contributed by atoms with van der Waals surface area (Å²) in [4.78, 5) is 5.37. The van der Waals surface area contributed by atoms with Gasteiger partial charge in [-0.15, -0.1) is 11.3 Å². The number of thiazole rings is 1. The zero-order valence-corrected chi connectivity index (χ0v) is 13.2. The minimum atomic E-state index is -3.30. The predicted octanol–water partition coefficient (Wildman–Crippen LogP) is 3.00. The summed E-state index contributed by atoms with van der Waals surface area (Å²) >= 11 is 1.58. The molecule has 20 heavy (non-hydrogen) atoms. The highest BCUT2D eigenvalue weighted by Gasteiger charge is 2.13. The van der Waals surface area contributed by atoms with Crippen molar-refractivity contribution in [2.45, 2.75) is 19.9 Å². The van der Waals surface area contributed by atoms with Gasteiger partial charge in [0.2, 0.25) is 10.0 Å². The van der Waals surface area contributed by atoms with Crippen molar-refractivity contribution in [3.63, 3.8) is 0 Å². The molecule has 1 atom stereocenters. The fourth-order valence-corrected chi connectivity index (χ4v) is 3.31. The summed E-state index contributed by atoms with van der Waals surface area (Å²) in [6.07, 6.45) is 1.14. The molecule has 0 fully saturated rings. The molecule has 0 aliphatic heterocycles. The monoisotopic (exact) mass is 311 g/mol. The molecule has 5 nitrogen and oxygen atoms in total. The smallest absolute Gasteiger partial charge is 0.229 e. The molecule has 2 aromatic rings. The Hall–Kier alpha value is -1.60. The van der Waals surface area contributed by atoms with Crippen LogP contribution in [0, 0.1) is 6.92 Å². The van der Waals surface area contributed by atoms with Gasteiger partial charge in [0.05, 0.1) is 34.9 Å². The number of hydrogen-bond acceptors (Lipinski definition) is 5. The van der Waals surface area contributed by atoms with E-state index in [4.69, 9.17) is 0 Å². The summed E-state index contributed by atoms with van der Waals surface area (Å²) in [7, 11) is -3.30. The minimum absolute atomic E-state index is 0.0602. The van der Waals surface area contributed by atoms with E-state index in [1.807, 2.05) is 31.5 Å². The first-order chi connectivity index (χ1) is 9.37. The lowest BCUT2D eigenvalue weighted by Crippen LogP contribution is -2.13. The molecule has 1 heterocycles. The third-order valence-corrected chi connectivity index (χ3v) is 4.47. The maximum absolute atomic E-state index is 11.4. The molecule has 2 rings (SSSR count). The van der Waals surface area contributed by atoms with Gasteiger partial charge >= 0.3 is 0 Å². The van der Waals surface area contributed by atoms with Gasteiger partial charge in [0.15, 0.2) is 0 Å². The van der Waals surface area contributed by atoms with Crippen molar-refractivity contribution < 1.29 is 8.42 Å².